The Hall–Kier alpha value is -3.81. The molecule has 204 valence electrons. The van der Waals surface area contributed by atoms with E-state index in [0.717, 1.165) is 11.3 Å². The van der Waals surface area contributed by atoms with Gasteiger partial charge in [0.15, 0.2) is 11.0 Å². The van der Waals surface area contributed by atoms with Crippen LogP contribution in [0.5, 0.6) is 0 Å². The van der Waals surface area contributed by atoms with Gasteiger partial charge in [0.25, 0.3) is 5.91 Å². The maximum atomic E-state index is 13.0. The Labute approximate surface area is 233 Å². The fourth-order valence-electron chi connectivity index (χ4n) is 4.30. The van der Waals surface area contributed by atoms with Crippen LogP contribution in [0.3, 0.4) is 0 Å². The predicted octanol–water partition coefficient (Wildman–Crippen LogP) is 3.38. The third kappa shape index (κ3) is 6.10. The zero-order chi connectivity index (χ0) is 27.4. The lowest BCUT2D eigenvalue weighted by Gasteiger charge is -2.38. The van der Waals surface area contributed by atoms with Gasteiger partial charge >= 0.3 is 5.97 Å². The van der Waals surface area contributed by atoms with Crippen LogP contribution in [-0.2, 0) is 16.1 Å². The summed E-state index contributed by atoms with van der Waals surface area (Å²) < 4.78 is 11.6. The van der Waals surface area contributed by atoms with Crippen LogP contribution < -0.4 is 10.2 Å². The van der Waals surface area contributed by atoms with Crippen LogP contribution in [0, 0.1) is 6.92 Å². The molecule has 1 saturated heterocycles. The van der Waals surface area contributed by atoms with Gasteiger partial charge in [-0.1, -0.05) is 53.3 Å². The van der Waals surface area contributed by atoms with E-state index in [4.69, 9.17) is 21.1 Å². The summed E-state index contributed by atoms with van der Waals surface area (Å²) in [5.74, 6) is -0.471. The first-order valence-corrected chi connectivity index (χ1v) is 13.6. The van der Waals surface area contributed by atoms with Gasteiger partial charge in [-0.2, -0.15) is 0 Å². The van der Waals surface area contributed by atoms with Crippen molar-refractivity contribution in [2.45, 2.75) is 39.0 Å². The molecule has 2 atom stereocenters. The van der Waals surface area contributed by atoms with E-state index in [0.29, 0.717) is 52.5 Å². The van der Waals surface area contributed by atoms with Gasteiger partial charge in [-0.15, -0.1) is 5.10 Å². The molecular formula is C25H27ClN8O4S. The number of amides is 1. The number of hydrogen-bond donors (Lipinski definition) is 3. The molecule has 1 aromatic carbocycles. The van der Waals surface area contributed by atoms with Crippen LogP contribution in [0.25, 0.3) is 11.5 Å². The molecule has 0 saturated carbocycles. The average molecular weight is 571 g/mol. The molecule has 39 heavy (non-hydrogen) atoms. The highest BCUT2D eigenvalue weighted by Gasteiger charge is 2.34. The lowest BCUT2D eigenvalue weighted by molar-refractivity contribution is 0.00967. The van der Waals surface area contributed by atoms with Crippen molar-refractivity contribution in [2.75, 3.05) is 24.6 Å². The number of nitrogens with zero attached hydrogens (tertiary/aromatic N) is 5. The molecule has 3 N–H and O–H groups in total. The molecule has 1 fully saturated rings. The molecule has 1 aliphatic heterocycles. The van der Waals surface area contributed by atoms with Crippen LogP contribution in [0.1, 0.15) is 44.8 Å². The third-order valence-corrected chi connectivity index (χ3v) is 7.78. The molecule has 3 aromatic heterocycles. The van der Waals surface area contributed by atoms with Gasteiger partial charge in [0.05, 0.1) is 30.4 Å². The molecule has 0 bridgehead atoms. The van der Waals surface area contributed by atoms with Crippen molar-refractivity contribution < 1.29 is 19.1 Å². The van der Waals surface area contributed by atoms with Crippen LogP contribution in [0.15, 0.2) is 36.4 Å². The molecule has 12 nitrogen and oxygen atoms in total. The van der Waals surface area contributed by atoms with E-state index in [2.05, 4.69) is 35.9 Å². The normalized spacial score (nSPS) is 17.3. The van der Waals surface area contributed by atoms with Crippen molar-refractivity contribution in [3.05, 3.63) is 63.2 Å². The largest absolute Gasteiger partial charge is 0.462 e. The number of ether oxygens (including phenoxy) is 2. The molecule has 14 heteroatoms. The van der Waals surface area contributed by atoms with Gasteiger partial charge in [0, 0.05) is 18.8 Å². The second kappa shape index (κ2) is 11.9. The van der Waals surface area contributed by atoms with Crippen molar-refractivity contribution >= 4 is 39.9 Å². The van der Waals surface area contributed by atoms with Crippen molar-refractivity contribution in [2.24, 2.45) is 0 Å². The quantitative estimate of drug-likeness (QED) is 0.257. The number of carbonyl (C=O) groups is 2. The van der Waals surface area contributed by atoms with Crippen LogP contribution >= 0.6 is 22.9 Å². The zero-order valence-corrected chi connectivity index (χ0v) is 22.9. The number of tetrazole rings is 1. The van der Waals surface area contributed by atoms with E-state index in [1.54, 1.807) is 13.0 Å². The number of nitrogens with one attached hydrogen (secondary N) is 3. The highest BCUT2D eigenvalue weighted by atomic mass is 35.5. The number of carbonyl (C=O) groups excluding carboxylic acids is 2. The van der Waals surface area contributed by atoms with Gasteiger partial charge in [0.1, 0.15) is 16.3 Å². The minimum absolute atomic E-state index is 0.228. The Morgan fingerprint density at radius 3 is 2.79 bits per heavy atom. The number of aromatic amines is 2. The first kappa shape index (κ1) is 26.8. The molecule has 0 unspecified atom stereocenters. The van der Waals surface area contributed by atoms with E-state index in [9.17, 15) is 9.59 Å². The minimum Gasteiger partial charge on any atom is -0.462 e. The van der Waals surface area contributed by atoms with Gasteiger partial charge in [-0.25, -0.2) is 14.9 Å². The number of thiazole rings is 1. The fourth-order valence-corrected chi connectivity index (χ4v) is 5.45. The minimum atomic E-state index is -0.494. The topological polar surface area (TPSA) is 151 Å². The van der Waals surface area contributed by atoms with E-state index in [1.807, 2.05) is 42.2 Å². The molecule has 0 aliphatic carbocycles. The summed E-state index contributed by atoms with van der Waals surface area (Å²) >= 11 is 7.35. The van der Waals surface area contributed by atoms with Crippen LogP contribution in [0.2, 0.25) is 5.02 Å². The number of esters is 1. The first-order chi connectivity index (χ1) is 18.9. The monoisotopic (exact) mass is 570 g/mol. The molecule has 1 amide bonds. The number of piperidine rings is 1. The smallest absolute Gasteiger partial charge is 0.350 e. The number of benzene rings is 1. The first-order valence-electron chi connectivity index (χ1n) is 12.4. The molecular weight excluding hydrogens is 544 g/mol. The standard InChI is InChI=1S/C25H27ClN8O4S/c1-3-37-24(36)21-20(22-30-32-33-31-22)29-25(39-21)34-10-9-17(28-23(35)18-11-16(26)14(2)27-18)19(12-34)38-13-15-7-5-4-6-8-15/h4-8,11,17,19,27H,3,9-10,12-13H2,1-2H3,(H,28,35)(H,30,31,32,33)/t17-,19+/m1/s1. The number of anilines is 1. The lowest BCUT2D eigenvalue weighted by Crippen LogP contribution is -2.55. The van der Waals surface area contributed by atoms with Gasteiger partial charge in [0.2, 0.25) is 0 Å². The van der Waals surface area contributed by atoms with Crippen molar-refractivity contribution in [1.29, 1.82) is 0 Å². The van der Waals surface area contributed by atoms with E-state index in [-0.39, 0.29) is 30.5 Å². The summed E-state index contributed by atoms with van der Waals surface area (Å²) in [6.07, 6.45) is 0.228. The Bertz CT molecular complexity index is 1410. The van der Waals surface area contributed by atoms with Crippen LogP contribution in [-0.4, -0.2) is 74.3 Å². The molecule has 0 radical (unpaired) electrons. The van der Waals surface area contributed by atoms with Gasteiger partial charge < -0.3 is 24.7 Å². The van der Waals surface area contributed by atoms with Crippen molar-refractivity contribution in [3.63, 3.8) is 0 Å². The van der Waals surface area contributed by atoms with Crippen LogP contribution in [0.4, 0.5) is 5.13 Å². The summed E-state index contributed by atoms with van der Waals surface area (Å²) in [5.41, 5.74) is 2.47. The zero-order valence-electron chi connectivity index (χ0n) is 21.3. The number of H-pyrrole nitrogens is 2. The number of aromatic nitrogens is 6. The molecule has 5 rings (SSSR count). The second-order valence-corrected chi connectivity index (χ2v) is 10.3. The Balaban J connectivity index is 1.38. The summed E-state index contributed by atoms with van der Waals surface area (Å²) in [4.78, 5) is 35.7. The Kier molecular flexibility index (Phi) is 8.19. The number of halogens is 1. The van der Waals surface area contributed by atoms with Crippen molar-refractivity contribution in [3.8, 4) is 11.5 Å². The second-order valence-electron chi connectivity index (χ2n) is 8.95. The summed E-state index contributed by atoms with van der Waals surface area (Å²) in [7, 11) is 0. The number of hydrogen-bond acceptors (Lipinski definition) is 10. The van der Waals surface area contributed by atoms with E-state index >= 15 is 0 Å². The SMILES string of the molecule is CCOC(=O)c1sc(N2CC[C@@H](NC(=O)c3cc(Cl)c(C)[nH]3)[C@@H](OCc3ccccc3)C2)nc1-c1nnn[nH]1. The number of aryl methyl sites for hydroxylation is 1. The molecule has 4 aromatic rings. The van der Waals surface area contributed by atoms with Crippen molar-refractivity contribution in [1.82, 2.24) is 35.9 Å². The molecule has 0 spiro atoms. The van der Waals surface area contributed by atoms with Gasteiger partial charge in [-0.3, -0.25) is 4.79 Å². The Morgan fingerprint density at radius 1 is 1.28 bits per heavy atom. The maximum Gasteiger partial charge on any atom is 0.350 e. The van der Waals surface area contributed by atoms with Gasteiger partial charge in [-0.05, 0) is 42.3 Å². The average Bonchev–Trinajstić information content (AvgIpc) is 3.69. The summed E-state index contributed by atoms with van der Waals surface area (Å²) in [5, 5.41) is 18.0. The molecule has 1 aliphatic rings. The highest BCUT2D eigenvalue weighted by Crippen LogP contribution is 2.34. The number of rotatable bonds is 9. The lowest BCUT2D eigenvalue weighted by atomic mass is 10.0. The fraction of sp³-hybridized carbons (Fsp3) is 0.360. The third-order valence-electron chi connectivity index (χ3n) is 6.30. The highest BCUT2D eigenvalue weighted by molar-refractivity contribution is 7.17. The summed E-state index contributed by atoms with van der Waals surface area (Å²) in [6.45, 7) is 5.17. The molecule has 4 heterocycles. The predicted molar refractivity (Wildman–Crippen MR) is 145 cm³/mol. The van der Waals surface area contributed by atoms with E-state index < -0.39 is 5.97 Å². The maximum absolute atomic E-state index is 13.0. The van der Waals surface area contributed by atoms with E-state index in [1.165, 1.54) is 11.3 Å². The Morgan fingerprint density at radius 2 is 2.10 bits per heavy atom. The summed E-state index contributed by atoms with van der Waals surface area (Å²) in [6, 6.07) is 11.2.